The van der Waals surface area contributed by atoms with Crippen LogP contribution in [0.4, 0.5) is 5.69 Å². The molecule has 0 aliphatic rings. The maximum absolute atomic E-state index is 12.5. The topological polar surface area (TPSA) is 54.5 Å². The van der Waals surface area contributed by atoms with Crippen molar-refractivity contribution in [2.75, 3.05) is 11.9 Å². The molecule has 0 spiro atoms. The van der Waals surface area contributed by atoms with Gasteiger partial charge in [-0.1, -0.05) is 41.9 Å². The van der Waals surface area contributed by atoms with Crippen LogP contribution in [0.1, 0.15) is 15.9 Å². The van der Waals surface area contributed by atoms with Crippen molar-refractivity contribution < 1.29 is 14.4 Å². The molecule has 0 unspecified atom stereocenters. The Bertz CT molecular complexity index is 698. The Labute approximate surface area is 126 Å². The van der Waals surface area contributed by atoms with Crippen LogP contribution in [0.25, 0.3) is 0 Å². The third-order valence-electron chi connectivity index (χ3n) is 3.03. The minimum atomic E-state index is -0.737. The van der Waals surface area contributed by atoms with Gasteiger partial charge in [0.05, 0.1) is 5.69 Å². The summed E-state index contributed by atoms with van der Waals surface area (Å²) in [6.07, 6.45) is 0.200. The molecule has 2 aromatic carbocycles. The lowest BCUT2D eigenvalue weighted by Crippen LogP contribution is -2.28. The van der Waals surface area contributed by atoms with E-state index in [0.717, 1.165) is 4.90 Å². The highest BCUT2D eigenvalue weighted by Gasteiger charge is 2.19. The fraction of sp³-hybridized carbons (Fsp3) is 0.0625. The van der Waals surface area contributed by atoms with Gasteiger partial charge in [-0.15, -0.1) is 0 Å². The van der Waals surface area contributed by atoms with Gasteiger partial charge in [0.2, 0.25) is 6.29 Å². The van der Waals surface area contributed by atoms with Crippen LogP contribution in [0.5, 0.6) is 0 Å². The summed E-state index contributed by atoms with van der Waals surface area (Å²) in [5.74, 6) is -1.00. The Morgan fingerprint density at radius 2 is 1.76 bits per heavy atom. The number of halogens is 1. The van der Waals surface area contributed by atoms with E-state index in [4.69, 9.17) is 11.6 Å². The number of hydrogen-bond donors (Lipinski definition) is 0. The average Bonchev–Trinajstić information content (AvgIpc) is 2.53. The summed E-state index contributed by atoms with van der Waals surface area (Å²) in [4.78, 5) is 35.8. The molecule has 0 aromatic heterocycles. The molecule has 106 valence electrons. The van der Waals surface area contributed by atoms with E-state index in [9.17, 15) is 14.4 Å². The van der Waals surface area contributed by atoms with E-state index in [1.54, 1.807) is 42.5 Å². The van der Waals surface area contributed by atoms with Crippen LogP contribution in [-0.2, 0) is 9.59 Å². The molecule has 0 heterocycles. The molecule has 0 radical (unpaired) electrons. The quantitative estimate of drug-likeness (QED) is 0.496. The third-order valence-corrected chi connectivity index (χ3v) is 3.27. The largest absolute Gasteiger partial charge is 0.308 e. The number of amides is 1. The highest BCUT2D eigenvalue weighted by molar-refractivity contribution is 6.33. The standard InChI is InChI=1S/C16H12ClNO3/c1-18(15(20)10-19)14-8-7-12(17)9-13(14)16(21)11-5-3-2-4-6-11/h2-10H,1H3. The minimum absolute atomic E-state index is 0.200. The third kappa shape index (κ3) is 3.17. The molecule has 1 amide bonds. The molecule has 0 bridgehead atoms. The van der Waals surface area contributed by atoms with E-state index in [-0.39, 0.29) is 17.6 Å². The summed E-state index contributed by atoms with van der Waals surface area (Å²) in [5, 5.41) is 0.380. The molecule has 0 aliphatic heterocycles. The maximum atomic E-state index is 12.5. The Hall–Kier alpha value is -2.46. The van der Waals surface area contributed by atoms with Gasteiger partial charge in [-0.25, -0.2) is 0 Å². The van der Waals surface area contributed by atoms with Gasteiger partial charge < -0.3 is 4.90 Å². The average molecular weight is 302 g/mol. The number of ketones is 1. The van der Waals surface area contributed by atoms with Gasteiger partial charge >= 0.3 is 0 Å². The molecule has 2 rings (SSSR count). The van der Waals surface area contributed by atoms with Crippen LogP contribution >= 0.6 is 11.6 Å². The predicted molar refractivity (Wildman–Crippen MR) is 80.8 cm³/mol. The van der Waals surface area contributed by atoms with Gasteiger partial charge in [0.15, 0.2) is 5.78 Å². The van der Waals surface area contributed by atoms with E-state index < -0.39 is 5.91 Å². The first kappa shape index (κ1) is 14.9. The Morgan fingerprint density at radius 3 is 2.38 bits per heavy atom. The highest BCUT2D eigenvalue weighted by atomic mass is 35.5. The Morgan fingerprint density at radius 1 is 1.10 bits per heavy atom. The molecular formula is C16H12ClNO3. The van der Waals surface area contributed by atoms with Crippen molar-refractivity contribution in [1.29, 1.82) is 0 Å². The number of likely N-dealkylation sites (N-methyl/N-ethyl adjacent to an activating group) is 1. The van der Waals surface area contributed by atoms with Crippen molar-refractivity contribution in [3.8, 4) is 0 Å². The van der Waals surface area contributed by atoms with Gasteiger partial charge in [-0.05, 0) is 18.2 Å². The lowest BCUT2D eigenvalue weighted by atomic mass is 10.0. The van der Waals surface area contributed by atoms with Gasteiger partial charge in [0.25, 0.3) is 5.91 Å². The van der Waals surface area contributed by atoms with E-state index in [2.05, 4.69) is 0 Å². The van der Waals surface area contributed by atoms with E-state index in [0.29, 0.717) is 16.3 Å². The second kappa shape index (κ2) is 6.33. The first-order chi connectivity index (χ1) is 10.0. The minimum Gasteiger partial charge on any atom is -0.308 e. The molecule has 0 saturated carbocycles. The van der Waals surface area contributed by atoms with Crippen molar-refractivity contribution >= 4 is 35.3 Å². The van der Waals surface area contributed by atoms with Crippen molar-refractivity contribution in [2.24, 2.45) is 0 Å². The summed E-state index contributed by atoms with van der Waals surface area (Å²) in [6, 6.07) is 13.2. The molecule has 0 N–H and O–H groups in total. The zero-order chi connectivity index (χ0) is 15.4. The summed E-state index contributed by atoms with van der Waals surface area (Å²) >= 11 is 5.94. The SMILES string of the molecule is CN(C(=O)C=O)c1ccc(Cl)cc1C(=O)c1ccccc1. The van der Waals surface area contributed by atoms with Gasteiger partial charge in [-0.2, -0.15) is 0 Å². The normalized spacial score (nSPS) is 10.0. The summed E-state index contributed by atoms with van der Waals surface area (Å²) in [7, 11) is 1.43. The van der Waals surface area contributed by atoms with Crippen LogP contribution < -0.4 is 4.90 Å². The Kier molecular flexibility index (Phi) is 4.50. The number of hydrogen-bond acceptors (Lipinski definition) is 3. The van der Waals surface area contributed by atoms with Gasteiger partial charge in [-0.3, -0.25) is 14.4 Å². The first-order valence-corrected chi connectivity index (χ1v) is 6.54. The van der Waals surface area contributed by atoms with Crippen molar-refractivity contribution in [1.82, 2.24) is 0 Å². The second-order valence-corrected chi connectivity index (χ2v) is 4.81. The number of carbonyl (C=O) groups excluding carboxylic acids is 3. The fourth-order valence-electron chi connectivity index (χ4n) is 1.93. The molecule has 2 aromatic rings. The Balaban J connectivity index is 2.52. The van der Waals surface area contributed by atoms with Crippen LogP contribution in [-0.4, -0.2) is 25.0 Å². The lowest BCUT2D eigenvalue weighted by molar-refractivity contribution is -0.129. The molecule has 5 heteroatoms. The van der Waals surface area contributed by atoms with Crippen molar-refractivity contribution in [3.63, 3.8) is 0 Å². The number of nitrogens with zero attached hydrogens (tertiary/aromatic N) is 1. The van der Waals surface area contributed by atoms with Crippen LogP contribution in [0.2, 0.25) is 5.02 Å². The second-order valence-electron chi connectivity index (χ2n) is 4.37. The predicted octanol–water partition coefficient (Wildman–Crippen LogP) is 2.73. The monoisotopic (exact) mass is 301 g/mol. The number of anilines is 1. The smallest absolute Gasteiger partial charge is 0.290 e. The van der Waals surface area contributed by atoms with Gasteiger partial charge in [0.1, 0.15) is 0 Å². The summed E-state index contributed by atoms with van der Waals surface area (Å²) in [5.41, 5.74) is 1.09. The first-order valence-electron chi connectivity index (χ1n) is 6.16. The highest BCUT2D eigenvalue weighted by Crippen LogP contribution is 2.26. The number of benzene rings is 2. The zero-order valence-corrected chi connectivity index (χ0v) is 12.0. The van der Waals surface area contributed by atoms with Crippen LogP contribution in [0.3, 0.4) is 0 Å². The van der Waals surface area contributed by atoms with E-state index >= 15 is 0 Å². The van der Waals surface area contributed by atoms with Crippen molar-refractivity contribution in [3.05, 3.63) is 64.7 Å². The lowest BCUT2D eigenvalue weighted by Gasteiger charge is -2.18. The van der Waals surface area contributed by atoms with Crippen LogP contribution in [0.15, 0.2) is 48.5 Å². The summed E-state index contributed by atoms with van der Waals surface area (Å²) in [6.45, 7) is 0. The van der Waals surface area contributed by atoms with Gasteiger partial charge in [0, 0.05) is 23.2 Å². The number of carbonyl (C=O) groups is 3. The molecule has 21 heavy (non-hydrogen) atoms. The summed E-state index contributed by atoms with van der Waals surface area (Å²) < 4.78 is 0. The van der Waals surface area contributed by atoms with E-state index in [1.807, 2.05) is 0 Å². The molecular weight excluding hydrogens is 290 g/mol. The molecule has 0 aliphatic carbocycles. The fourth-order valence-corrected chi connectivity index (χ4v) is 2.10. The van der Waals surface area contributed by atoms with E-state index in [1.165, 1.54) is 13.1 Å². The molecule has 0 fully saturated rings. The number of aldehydes is 1. The maximum Gasteiger partial charge on any atom is 0.290 e. The molecule has 0 saturated heterocycles. The van der Waals surface area contributed by atoms with Crippen LogP contribution in [0, 0.1) is 0 Å². The molecule has 4 nitrogen and oxygen atoms in total. The van der Waals surface area contributed by atoms with Crippen molar-refractivity contribution in [2.45, 2.75) is 0 Å². The molecule has 0 atom stereocenters. The number of rotatable bonds is 4. The zero-order valence-electron chi connectivity index (χ0n) is 11.2.